The first-order valence-corrected chi connectivity index (χ1v) is 11.9. The van der Waals surface area contributed by atoms with Crippen LogP contribution in [0.2, 0.25) is 0 Å². The summed E-state index contributed by atoms with van der Waals surface area (Å²) >= 11 is 0. The van der Waals surface area contributed by atoms with Crippen LogP contribution in [0.5, 0.6) is 11.5 Å². The highest BCUT2D eigenvalue weighted by Crippen LogP contribution is 2.43. The second kappa shape index (κ2) is 9.44. The minimum absolute atomic E-state index is 0.174. The maximum absolute atomic E-state index is 13.2. The Bertz CT molecular complexity index is 1390. The Labute approximate surface area is 207 Å². The number of benzene rings is 2. The van der Waals surface area contributed by atoms with Crippen LogP contribution in [-0.4, -0.2) is 40.4 Å². The molecule has 0 spiro atoms. The molecule has 2 aromatic carbocycles. The molecule has 1 N–H and O–H groups in total. The van der Waals surface area contributed by atoms with Crippen molar-refractivity contribution in [1.82, 2.24) is 15.1 Å². The standard InChI is InChI=1S/C26H26N4O6/c1-17-14-21(31)24(28-29(17)19-6-2-3-7-20(19)30(33)34)25(32)27-16-26(10-4-5-11-26)18-8-9-22-23(15-18)36-13-12-35-22/h2-3,6-9,14-15H,4-5,10-13,16H2,1H3,(H,27,32). The van der Waals surface area contributed by atoms with Crippen LogP contribution in [0.15, 0.2) is 53.3 Å². The molecule has 186 valence electrons. The Balaban J connectivity index is 1.43. The van der Waals surface area contributed by atoms with Crippen LogP contribution in [0, 0.1) is 17.0 Å². The van der Waals surface area contributed by atoms with Crippen molar-refractivity contribution < 1.29 is 19.2 Å². The van der Waals surface area contributed by atoms with Crippen LogP contribution in [0.25, 0.3) is 5.69 Å². The van der Waals surface area contributed by atoms with Gasteiger partial charge in [0, 0.05) is 29.8 Å². The molecule has 0 atom stereocenters. The van der Waals surface area contributed by atoms with Crippen molar-refractivity contribution in [2.24, 2.45) is 0 Å². The number of rotatable bonds is 6. The SMILES string of the molecule is Cc1cc(=O)c(C(=O)NCC2(c3ccc4c(c3)OCCO4)CCCC2)nn1-c1ccccc1[N+](=O)[O-]. The number of nitrogens with one attached hydrogen (secondary N) is 1. The molecule has 36 heavy (non-hydrogen) atoms. The first kappa shape index (κ1) is 23.5. The normalized spacial score (nSPS) is 15.9. The van der Waals surface area contributed by atoms with E-state index in [9.17, 15) is 19.7 Å². The van der Waals surface area contributed by atoms with Gasteiger partial charge in [-0.2, -0.15) is 5.10 Å². The molecule has 0 saturated heterocycles. The fourth-order valence-electron chi connectivity index (χ4n) is 5.07. The van der Waals surface area contributed by atoms with Crippen LogP contribution >= 0.6 is 0 Å². The van der Waals surface area contributed by atoms with Gasteiger partial charge in [0.05, 0.1) is 4.92 Å². The lowest BCUT2D eigenvalue weighted by atomic mass is 9.78. The minimum atomic E-state index is -0.615. The molecule has 2 aliphatic rings. The fraction of sp³-hybridized carbons (Fsp3) is 0.346. The van der Waals surface area contributed by atoms with Crippen molar-refractivity contribution in [2.45, 2.75) is 38.0 Å². The van der Waals surface area contributed by atoms with E-state index in [1.165, 1.54) is 22.9 Å². The van der Waals surface area contributed by atoms with E-state index in [4.69, 9.17) is 9.47 Å². The number of aromatic nitrogens is 2. The highest BCUT2D eigenvalue weighted by atomic mass is 16.6. The predicted molar refractivity (Wildman–Crippen MR) is 131 cm³/mol. The van der Waals surface area contributed by atoms with Gasteiger partial charge in [-0.05, 0) is 43.5 Å². The number of carbonyl (C=O) groups is 1. The van der Waals surface area contributed by atoms with E-state index in [0.29, 0.717) is 37.0 Å². The number of ether oxygens (including phenoxy) is 2. The molecule has 10 heteroatoms. The van der Waals surface area contributed by atoms with Gasteiger partial charge in [-0.25, -0.2) is 4.68 Å². The lowest BCUT2D eigenvalue weighted by Crippen LogP contribution is -2.41. The topological polar surface area (TPSA) is 126 Å². The van der Waals surface area contributed by atoms with Crippen LogP contribution in [-0.2, 0) is 5.41 Å². The molecule has 0 radical (unpaired) electrons. The molecule has 1 fully saturated rings. The van der Waals surface area contributed by atoms with E-state index in [1.54, 1.807) is 19.1 Å². The quantitative estimate of drug-likeness (QED) is 0.414. The first-order valence-electron chi connectivity index (χ1n) is 11.9. The van der Waals surface area contributed by atoms with Crippen molar-refractivity contribution in [3.63, 3.8) is 0 Å². The van der Waals surface area contributed by atoms with Gasteiger partial charge in [-0.15, -0.1) is 0 Å². The van der Waals surface area contributed by atoms with Gasteiger partial charge in [0.15, 0.2) is 17.2 Å². The second-order valence-corrected chi connectivity index (χ2v) is 9.18. The van der Waals surface area contributed by atoms with E-state index in [0.717, 1.165) is 31.2 Å². The molecular formula is C26H26N4O6. The number of nitrogens with zero attached hydrogens (tertiary/aromatic N) is 3. The number of amides is 1. The number of fused-ring (bicyclic) bond motifs is 1. The number of aryl methyl sites for hydroxylation is 1. The van der Waals surface area contributed by atoms with Gasteiger partial charge in [-0.1, -0.05) is 31.0 Å². The van der Waals surface area contributed by atoms with E-state index in [-0.39, 0.29) is 22.5 Å². The summed E-state index contributed by atoms with van der Waals surface area (Å²) in [6.07, 6.45) is 3.82. The lowest BCUT2D eigenvalue weighted by Gasteiger charge is -2.31. The smallest absolute Gasteiger partial charge is 0.294 e. The third-order valence-electron chi connectivity index (χ3n) is 6.93. The van der Waals surface area contributed by atoms with Crippen molar-refractivity contribution in [3.05, 3.63) is 85.8 Å². The molecule has 5 rings (SSSR count). The van der Waals surface area contributed by atoms with E-state index in [1.807, 2.05) is 18.2 Å². The maximum atomic E-state index is 13.2. The average Bonchev–Trinajstić information content (AvgIpc) is 3.37. The highest BCUT2D eigenvalue weighted by Gasteiger charge is 2.37. The number of nitro groups is 1. The predicted octanol–water partition coefficient (Wildman–Crippen LogP) is 3.46. The summed E-state index contributed by atoms with van der Waals surface area (Å²) in [7, 11) is 0. The fourth-order valence-corrected chi connectivity index (χ4v) is 5.07. The number of carbonyl (C=O) groups excluding carboxylic acids is 1. The Kier molecular flexibility index (Phi) is 6.17. The molecule has 1 saturated carbocycles. The van der Waals surface area contributed by atoms with Crippen molar-refractivity contribution >= 4 is 11.6 Å². The zero-order chi connectivity index (χ0) is 25.3. The third kappa shape index (κ3) is 4.30. The van der Waals surface area contributed by atoms with Crippen molar-refractivity contribution in [2.75, 3.05) is 19.8 Å². The zero-order valence-electron chi connectivity index (χ0n) is 19.9. The van der Waals surface area contributed by atoms with Gasteiger partial charge in [0.2, 0.25) is 5.43 Å². The maximum Gasteiger partial charge on any atom is 0.294 e. The van der Waals surface area contributed by atoms with E-state index in [2.05, 4.69) is 10.4 Å². The average molecular weight is 491 g/mol. The van der Waals surface area contributed by atoms with Gasteiger partial charge in [0.1, 0.15) is 18.9 Å². The van der Waals surface area contributed by atoms with Gasteiger partial charge in [0.25, 0.3) is 11.6 Å². The van der Waals surface area contributed by atoms with Crippen molar-refractivity contribution in [3.8, 4) is 17.2 Å². The Hall–Kier alpha value is -4.21. The molecule has 3 aromatic rings. The van der Waals surface area contributed by atoms with Gasteiger partial charge < -0.3 is 14.8 Å². The number of para-hydroxylation sites is 2. The molecule has 1 aliphatic heterocycles. The Morgan fingerprint density at radius 1 is 1.11 bits per heavy atom. The zero-order valence-corrected chi connectivity index (χ0v) is 19.9. The summed E-state index contributed by atoms with van der Waals surface area (Å²) in [4.78, 5) is 36.9. The minimum Gasteiger partial charge on any atom is -0.486 e. The molecule has 0 unspecified atom stereocenters. The molecule has 10 nitrogen and oxygen atoms in total. The Morgan fingerprint density at radius 3 is 2.58 bits per heavy atom. The number of hydrogen-bond donors (Lipinski definition) is 1. The van der Waals surface area contributed by atoms with E-state index >= 15 is 0 Å². The summed E-state index contributed by atoms with van der Waals surface area (Å²) in [6.45, 7) is 2.94. The van der Waals surface area contributed by atoms with Crippen molar-refractivity contribution in [1.29, 1.82) is 0 Å². The van der Waals surface area contributed by atoms with Crippen LogP contribution in [0.3, 0.4) is 0 Å². The van der Waals surface area contributed by atoms with Crippen LogP contribution < -0.4 is 20.2 Å². The summed E-state index contributed by atoms with van der Waals surface area (Å²) in [5.74, 6) is 0.793. The molecule has 1 aliphatic carbocycles. The third-order valence-corrected chi connectivity index (χ3v) is 6.93. The summed E-state index contributed by atoms with van der Waals surface area (Å²) < 4.78 is 12.7. The van der Waals surface area contributed by atoms with Gasteiger partial charge in [-0.3, -0.25) is 19.7 Å². The van der Waals surface area contributed by atoms with Crippen LogP contribution in [0.4, 0.5) is 5.69 Å². The lowest BCUT2D eigenvalue weighted by molar-refractivity contribution is -0.384. The van der Waals surface area contributed by atoms with Crippen LogP contribution in [0.1, 0.15) is 47.4 Å². The summed E-state index contributed by atoms with van der Waals surface area (Å²) in [6, 6.07) is 13.2. The molecule has 2 heterocycles. The largest absolute Gasteiger partial charge is 0.486 e. The van der Waals surface area contributed by atoms with Gasteiger partial charge >= 0.3 is 0 Å². The number of hydrogen-bond acceptors (Lipinski definition) is 7. The first-order chi connectivity index (χ1) is 17.4. The highest BCUT2D eigenvalue weighted by molar-refractivity contribution is 5.92. The monoisotopic (exact) mass is 490 g/mol. The Morgan fingerprint density at radius 2 is 1.83 bits per heavy atom. The number of nitro benzene ring substituents is 1. The molecule has 1 amide bonds. The summed E-state index contributed by atoms with van der Waals surface area (Å²) in [5, 5.41) is 18.7. The molecule has 0 bridgehead atoms. The molecular weight excluding hydrogens is 464 g/mol. The van der Waals surface area contributed by atoms with E-state index < -0.39 is 16.3 Å². The summed E-state index contributed by atoms with van der Waals surface area (Å²) in [5.41, 5.74) is 0.291. The second-order valence-electron chi connectivity index (χ2n) is 9.18. The molecule has 1 aromatic heterocycles.